The molecule has 1 aromatic heterocycles. The van der Waals surface area contributed by atoms with Crippen molar-refractivity contribution in [3.05, 3.63) is 84.1 Å². The largest absolute Gasteiger partial charge is 0.489 e. The smallest absolute Gasteiger partial charge is 0.120 e. The van der Waals surface area contributed by atoms with E-state index in [9.17, 15) is 0 Å². The van der Waals surface area contributed by atoms with Crippen LogP contribution in [0.5, 0.6) is 5.75 Å². The first-order valence-corrected chi connectivity index (χ1v) is 7.05. The third-order valence-electron chi connectivity index (χ3n) is 3.30. The maximum Gasteiger partial charge on any atom is 0.120 e. The molecule has 3 rings (SSSR count). The molecule has 106 valence electrons. The molecule has 0 atom stereocenters. The van der Waals surface area contributed by atoms with Crippen LogP contribution >= 0.6 is 0 Å². The quantitative estimate of drug-likeness (QED) is 0.666. The summed E-state index contributed by atoms with van der Waals surface area (Å²) in [6.07, 6.45) is 7.16. The molecular weight excluding hydrogens is 270 g/mol. The van der Waals surface area contributed by atoms with Crippen LogP contribution < -0.4 is 4.74 Å². The van der Waals surface area contributed by atoms with E-state index in [4.69, 9.17) is 11.2 Å². The summed E-state index contributed by atoms with van der Waals surface area (Å²) < 4.78 is 5.84. The van der Waals surface area contributed by atoms with Gasteiger partial charge in [-0.1, -0.05) is 48.4 Å². The molecule has 0 amide bonds. The first kappa shape index (κ1) is 13.9. The monoisotopic (exact) mass is 285 g/mol. The van der Waals surface area contributed by atoms with Gasteiger partial charge in [0.25, 0.3) is 0 Å². The number of hydrogen-bond acceptors (Lipinski definition) is 2. The van der Waals surface area contributed by atoms with E-state index in [1.54, 1.807) is 6.20 Å². The number of ether oxygens (including phenoxy) is 1. The zero-order valence-electron chi connectivity index (χ0n) is 12.1. The predicted octanol–water partition coefficient (Wildman–Crippen LogP) is 4.31. The Balaban J connectivity index is 1.79. The lowest BCUT2D eigenvalue weighted by Gasteiger charge is -2.08. The summed E-state index contributed by atoms with van der Waals surface area (Å²) in [4.78, 5) is 4.37. The second-order valence-corrected chi connectivity index (χ2v) is 4.88. The minimum atomic E-state index is 0.544. The Kier molecular flexibility index (Phi) is 4.17. The van der Waals surface area contributed by atoms with Gasteiger partial charge in [0.15, 0.2) is 0 Å². The highest BCUT2D eigenvalue weighted by Crippen LogP contribution is 2.23. The second kappa shape index (κ2) is 6.60. The second-order valence-electron chi connectivity index (χ2n) is 4.88. The number of rotatable bonds is 4. The van der Waals surface area contributed by atoms with Crippen molar-refractivity contribution in [1.29, 1.82) is 0 Å². The Hall–Kier alpha value is -3.05. The first-order chi connectivity index (χ1) is 10.8. The lowest BCUT2D eigenvalue weighted by atomic mass is 10.1. The molecule has 2 aromatic carbocycles. The zero-order chi connectivity index (χ0) is 15.2. The van der Waals surface area contributed by atoms with Gasteiger partial charge in [0.2, 0.25) is 0 Å². The molecule has 0 unspecified atom stereocenters. The van der Waals surface area contributed by atoms with E-state index in [1.165, 1.54) is 0 Å². The average Bonchev–Trinajstić information content (AvgIpc) is 2.61. The minimum Gasteiger partial charge on any atom is -0.489 e. The van der Waals surface area contributed by atoms with Gasteiger partial charge in [-0.2, -0.15) is 0 Å². The summed E-state index contributed by atoms with van der Waals surface area (Å²) in [5.41, 5.74) is 3.80. The van der Waals surface area contributed by atoms with Crippen LogP contribution in [0.25, 0.3) is 11.3 Å². The highest BCUT2D eigenvalue weighted by molar-refractivity contribution is 5.62. The molecule has 0 bridgehead atoms. The van der Waals surface area contributed by atoms with Crippen LogP contribution in [0.2, 0.25) is 0 Å². The van der Waals surface area contributed by atoms with Gasteiger partial charge in [-0.25, -0.2) is 0 Å². The lowest BCUT2D eigenvalue weighted by molar-refractivity contribution is 0.306. The summed E-state index contributed by atoms with van der Waals surface area (Å²) in [7, 11) is 0. The number of terminal acetylenes is 1. The molecule has 0 saturated carbocycles. The molecule has 0 radical (unpaired) electrons. The van der Waals surface area contributed by atoms with Crippen molar-refractivity contribution >= 4 is 0 Å². The Morgan fingerprint density at radius 2 is 1.82 bits per heavy atom. The predicted molar refractivity (Wildman–Crippen MR) is 88.4 cm³/mol. The summed E-state index contributed by atoms with van der Waals surface area (Å²) >= 11 is 0. The van der Waals surface area contributed by atoms with Crippen molar-refractivity contribution in [2.75, 3.05) is 0 Å². The topological polar surface area (TPSA) is 22.1 Å². The van der Waals surface area contributed by atoms with Gasteiger partial charge in [-0.3, -0.25) is 4.98 Å². The molecule has 22 heavy (non-hydrogen) atoms. The third-order valence-corrected chi connectivity index (χ3v) is 3.30. The van der Waals surface area contributed by atoms with Gasteiger partial charge >= 0.3 is 0 Å². The van der Waals surface area contributed by atoms with Gasteiger partial charge < -0.3 is 4.74 Å². The highest BCUT2D eigenvalue weighted by atomic mass is 16.5. The fourth-order valence-corrected chi connectivity index (χ4v) is 2.16. The maximum atomic E-state index is 5.84. The van der Waals surface area contributed by atoms with Crippen molar-refractivity contribution in [2.45, 2.75) is 6.61 Å². The van der Waals surface area contributed by atoms with E-state index < -0.39 is 0 Å². The normalized spacial score (nSPS) is 9.95. The SMILES string of the molecule is C#Cc1ccnc(-c2cccc(OCc3ccccc3)c2)c1. The Labute approximate surface area is 130 Å². The van der Waals surface area contributed by atoms with Crippen LogP contribution in [0.1, 0.15) is 11.1 Å². The molecule has 0 spiro atoms. The highest BCUT2D eigenvalue weighted by Gasteiger charge is 2.02. The van der Waals surface area contributed by atoms with Crippen LogP contribution in [0.4, 0.5) is 0 Å². The van der Waals surface area contributed by atoms with Crippen molar-refractivity contribution in [3.63, 3.8) is 0 Å². The Morgan fingerprint density at radius 1 is 0.955 bits per heavy atom. The van der Waals surface area contributed by atoms with Crippen molar-refractivity contribution in [2.24, 2.45) is 0 Å². The summed E-state index contributed by atoms with van der Waals surface area (Å²) in [6.45, 7) is 0.544. The van der Waals surface area contributed by atoms with Gasteiger partial charge in [0, 0.05) is 17.3 Å². The first-order valence-electron chi connectivity index (χ1n) is 7.05. The minimum absolute atomic E-state index is 0.544. The fourth-order valence-electron chi connectivity index (χ4n) is 2.16. The molecule has 0 aliphatic carbocycles. The molecule has 0 aliphatic heterocycles. The van der Waals surface area contributed by atoms with Crippen LogP contribution in [-0.4, -0.2) is 4.98 Å². The summed E-state index contributed by atoms with van der Waals surface area (Å²) in [6, 6.07) is 21.7. The molecule has 3 aromatic rings. The van der Waals surface area contributed by atoms with Crippen molar-refractivity contribution < 1.29 is 4.74 Å². The van der Waals surface area contributed by atoms with Crippen LogP contribution in [0.3, 0.4) is 0 Å². The van der Waals surface area contributed by atoms with Gasteiger partial charge in [-0.15, -0.1) is 6.42 Å². The number of pyridine rings is 1. The number of hydrogen-bond donors (Lipinski definition) is 0. The summed E-state index contributed by atoms with van der Waals surface area (Å²) in [5, 5.41) is 0. The number of aromatic nitrogens is 1. The van der Waals surface area contributed by atoms with Crippen molar-refractivity contribution in [3.8, 4) is 29.4 Å². The van der Waals surface area contributed by atoms with E-state index in [0.717, 1.165) is 28.1 Å². The average molecular weight is 285 g/mol. The molecule has 0 saturated heterocycles. The number of nitrogens with zero attached hydrogens (tertiary/aromatic N) is 1. The van der Waals surface area contributed by atoms with Gasteiger partial charge in [0.1, 0.15) is 12.4 Å². The third kappa shape index (κ3) is 3.34. The summed E-state index contributed by atoms with van der Waals surface area (Å²) in [5.74, 6) is 3.44. The van der Waals surface area contributed by atoms with Crippen molar-refractivity contribution in [1.82, 2.24) is 4.98 Å². The fraction of sp³-hybridized carbons (Fsp3) is 0.0500. The van der Waals surface area contributed by atoms with Crippen LogP contribution in [0.15, 0.2) is 72.9 Å². The molecule has 0 aliphatic rings. The van der Waals surface area contributed by atoms with E-state index in [-0.39, 0.29) is 0 Å². The molecule has 0 fully saturated rings. The molecule has 0 N–H and O–H groups in total. The Bertz CT molecular complexity index is 803. The van der Waals surface area contributed by atoms with E-state index >= 15 is 0 Å². The number of benzene rings is 2. The van der Waals surface area contributed by atoms with E-state index in [0.29, 0.717) is 6.61 Å². The molecule has 1 heterocycles. The van der Waals surface area contributed by atoms with Crippen LogP contribution in [-0.2, 0) is 6.61 Å². The van der Waals surface area contributed by atoms with Gasteiger partial charge in [-0.05, 0) is 29.8 Å². The van der Waals surface area contributed by atoms with E-state index in [2.05, 4.69) is 10.9 Å². The van der Waals surface area contributed by atoms with Gasteiger partial charge in [0.05, 0.1) is 5.69 Å². The Morgan fingerprint density at radius 3 is 2.64 bits per heavy atom. The standard InChI is InChI=1S/C20H15NO/c1-2-16-11-12-21-20(13-16)18-9-6-10-19(14-18)22-15-17-7-4-3-5-8-17/h1,3-14H,15H2. The molecule has 2 heteroatoms. The molecular formula is C20H15NO. The zero-order valence-corrected chi connectivity index (χ0v) is 12.1. The lowest BCUT2D eigenvalue weighted by Crippen LogP contribution is -1.95. The van der Waals surface area contributed by atoms with E-state index in [1.807, 2.05) is 66.7 Å². The molecule has 2 nitrogen and oxygen atoms in total. The maximum absolute atomic E-state index is 5.84. The van der Waals surface area contributed by atoms with Crippen LogP contribution in [0, 0.1) is 12.3 Å².